The van der Waals surface area contributed by atoms with E-state index in [-0.39, 0.29) is 30.2 Å². The summed E-state index contributed by atoms with van der Waals surface area (Å²) in [6.45, 7) is 3.62. The van der Waals surface area contributed by atoms with Crippen LogP contribution in [0.25, 0.3) is 11.4 Å². The Morgan fingerprint density at radius 3 is 2.86 bits per heavy atom. The largest absolute Gasteiger partial charge is 0.392 e. The summed E-state index contributed by atoms with van der Waals surface area (Å²) in [5.41, 5.74) is 3.70. The Labute approximate surface area is 210 Å². The Balaban J connectivity index is 1.39. The molecular weight excluding hydrogens is 482 g/mol. The lowest BCUT2D eigenvalue weighted by Gasteiger charge is -2.32. The minimum atomic E-state index is -3.35. The molecule has 36 heavy (non-hydrogen) atoms. The minimum absolute atomic E-state index is 0.0452. The number of fused-ring (bicyclic) bond motifs is 1. The van der Waals surface area contributed by atoms with Crippen LogP contribution in [0.1, 0.15) is 35.0 Å². The molecule has 10 nitrogen and oxygen atoms in total. The number of carbonyl (C=O) groups is 1. The molecule has 1 amide bonds. The Hall–Kier alpha value is -3.28. The quantitative estimate of drug-likeness (QED) is 0.494. The molecule has 2 N–H and O–H groups in total. The first-order valence-electron chi connectivity index (χ1n) is 11.9. The maximum atomic E-state index is 13.4. The number of β-amino-alcohol motifs (C(OH)–C–C–N with tert-alkyl or cyclic N) is 1. The summed E-state index contributed by atoms with van der Waals surface area (Å²) in [5, 5.41) is 14.1. The number of anilines is 1. The van der Waals surface area contributed by atoms with Crippen LogP contribution < -0.4 is 4.72 Å². The fourth-order valence-electron chi connectivity index (χ4n) is 4.81. The van der Waals surface area contributed by atoms with E-state index in [1.165, 1.54) is 0 Å². The Bertz CT molecular complexity index is 1390. The number of likely N-dealkylation sites (tertiary alicyclic amines) is 1. The molecular formula is C25H29N5O5S. The summed E-state index contributed by atoms with van der Waals surface area (Å²) in [6.07, 6.45) is 0.474. The summed E-state index contributed by atoms with van der Waals surface area (Å²) in [4.78, 5) is 21.6. The molecule has 0 unspecified atom stereocenters. The summed E-state index contributed by atoms with van der Waals surface area (Å²) in [6, 6.07) is 12.8. The smallest absolute Gasteiger partial charge is 0.237 e. The third-order valence-corrected chi connectivity index (χ3v) is 7.96. The molecule has 2 aromatic carbocycles. The first-order valence-corrected chi connectivity index (χ1v) is 13.5. The van der Waals surface area contributed by atoms with Crippen molar-refractivity contribution in [2.75, 3.05) is 31.4 Å². The second-order valence-corrected chi connectivity index (χ2v) is 11.2. The number of aliphatic hydroxyl groups is 1. The lowest BCUT2D eigenvalue weighted by molar-refractivity contribution is -0.131. The average molecular weight is 512 g/mol. The summed E-state index contributed by atoms with van der Waals surface area (Å²) >= 11 is 0. The number of rotatable bonds is 7. The zero-order valence-electron chi connectivity index (χ0n) is 20.2. The molecule has 11 heteroatoms. The maximum Gasteiger partial charge on any atom is 0.237 e. The number of aromatic nitrogens is 2. The number of benzene rings is 2. The number of hydrogen-bond acceptors (Lipinski definition) is 8. The van der Waals surface area contributed by atoms with Crippen LogP contribution in [0.15, 0.2) is 47.0 Å². The van der Waals surface area contributed by atoms with Crippen LogP contribution in [0.3, 0.4) is 0 Å². The van der Waals surface area contributed by atoms with Gasteiger partial charge in [0.15, 0.2) is 0 Å². The summed E-state index contributed by atoms with van der Waals surface area (Å²) < 4.78 is 31.4. The lowest BCUT2D eigenvalue weighted by atomic mass is 10.0. The van der Waals surface area contributed by atoms with Crippen LogP contribution in [-0.2, 0) is 27.0 Å². The minimum Gasteiger partial charge on any atom is -0.392 e. The van der Waals surface area contributed by atoms with E-state index >= 15 is 0 Å². The summed E-state index contributed by atoms with van der Waals surface area (Å²) in [7, 11) is -1.57. The van der Waals surface area contributed by atoms with E-state index < -0.39 is 10.0 Å². The molecule has 1 aromatic heterocycles. The SMILES string of the molecule is Cc1nc(-c2cccc([C@@H](CN3CC[C@H](O)C3)N(C)C(=O)Cc3ccc4c(c3)NS(=O)(=O)C4)c2)no1. The molecule has 1 saturated heterocycles. The van der Waals surface area contributed by atoms with E-state index in [4.69, 9.17) is 4.52 Å². The number of aryl methyl sites for hydroxylation is 1. The summed E-state index contributed by atoms with van der Waals surface area (Å²) in [5.74, 6) is 0.818. The number of aliphatic hydroxyl groups excluding tert-OH is 1. The van der Waals surface area contributed by atoms with Gasteiger partial charge in [-0.25, -0.2) is 8.42 Å². The van der Waals surface area contributed by atoms with Gasteiger partial charge in [0.05, 0.1) is 30.0 Å². The van der Waals surface area contributed by atoms with Crippen molar-refractivity contribution in [3.05, 3.63) is 65.0 Å². The molecule has 3 aromatic rings. The van der Waals surface area contributed by atoms with E-state index in [2.05, 4.69) is 19.8 Å². The molecule has 190 valence electrons. The van der Waals surface area contributed by atoms with Crippen LogP contribution in [0.2, 0.25) is 0 Å². The number of carbonyl (C=O) groups excluding carboxylic acids is 1. The van der Waals surface area contributed by atoms with Crippen LogP contribution >= 0.6 is 0 Å². The van der Waals surface area contributed by atoms with Crippen molar-refractivity contribution in [2.45, 2.75) is 37.7 Å². The molecule has 2 aliphatic rings. The van der Waals surface area contributed by atoms with Gasteiger partial charge in [0.2, 0.25) is 27.6 Å². The van der Waals surface area contributed by atoms with Crippen LogP contribution in [0, 0.1) is 6.92 Å². The first kappa shape index (κ1) is 24.4. The van der Waals surface area contributed by atoms with Gasteiger partial charge in [-0.05, 0) is 35.2 Å². The topological polar surface area (TPSA) is 129 Å². The highest BCUT2D eigenvalue weighted by Gasteiger charge is 2.29. The van der Waals surface area contributed by atoms with Crippen LogP contribution in [-0.4, -0.2) is 72.2 Å². The van der Waals surface area contributed by atoms with E-state index in [0.717, 1.165) is 23.2 Å². The highest BCUT2D eigenvalue weighted by atomic mass is 32.2. The van der Waals surface area contributed by atoms with Crippen molar-refractivity contribution in [1.82, 2.24) is 19.9 Å². The van der Waals surface area contributed by atoms with Gasteiger partial charge in [0.25, 0.3) is 0 Å². The predicted octanol–water partition coefficient (Wildman–Crippen LogP) is 2.11. The molecule has 2 aliphatic heterocycles. The van der Waals surface area contributed by atoms with E-state index in [9.17, 15) is 18.3 Å². The number of amides is 1. The highest BCUT2D eigenvalue weighted by Crippen LogP contribution is 2.30. The van der Waals surface area contributed by atoms with Gasteiger partial charge in [-0.15, -0.1) is 0 Å². The second kappa shape index (κ2) is 9.64. The van der Waals surface area contributed by atoms with Gasteiger partial charge in [-0.1, -0.05) is 35.5 Å². The van der Waals surface area contributed by atoms with Crippen molar-refractivity contribution in [1.29, 1.82) is 0 Å². The maximum absolute atomic E-state index is 13.4. The number of likely N-dealkylation sites (N-methyl/N-ethyl adjacent to an activating group) is 1. The fraction of sp³-hybridized carbons (Fsp3) is 0.400. The molecule has 0 bridgehead atoms. The fourth-order valence-corrected chi connectivity index (χ4v) is 6.07. The monoisotopic (exact) mass is 511 g/mol. The van der Waals surface area contributed by atoms with Gasteiger partial charge in [-0.3, -0.25) is 14.4 Å². The standard InChI is InChI=1S/C25H29N5O5S/c1-16-26-25(27-35-16)19-5-3-4-18(12-19)23(14-30-9-8-21(31)13-30)29(2)24(32)11-17-6-7-20-15-36(33,34)28-22(20)10-17/h3-7,10,12,21,23,28,31H,8-9,11,13-15H2,1-2H3/t21-,23+/m0/s1. The lowest BCUT2D eigenvalue weighted by Crippen LogP contribution is -2.39. The molecule has 0 radical (unpaired) electrons. The van der Waals surface area contributed by atoms with Gasteiger partial charge < -0.3 is 14.5 Å². The Morgan fingerprint density at radius 2 is 2.14 bits per heavy atom. The van der Waals surface area contributed by atoms with Crippen molar-refractivity contribution >= 4 is 21.6 Å². The van der Waals surface area contributed by atoms with Gasteiger partial charge in [0.1, 0.15) is 0 Å². The van der Waals surface area contributed by atoms with Crippen molar-refractivity contribution in [3.8, 4) is 11.4 Å². The molecule has 0 spiro atoms. The van der Waals surface area contributed by atoms with E-state index in [0.29, 0.717) is 42.5 Å². The third-order valence-electron chi connectivity index (χ3n) is 6.74. The Morgan fingerprint density at radius 1 is 1.31 bits per heavy atom. The van der Waals surface area contributed by atoms with E-state index in [1.807, 2.05) is 24.3 Å². The van der Waals surface area contributed by atoms with Crippen LogP contribution in [0.5, 0.6) is 0 Å². The number of sulfonamides is 1. The molecule has 0 saturated carbocycles. The van der Waals surface area contributed by atoms with Crippen molar-refractivity contribution in [2.24, 2.45) is 0 Å². The molecule has 2 atom stereocenters. The number of hydrogen-bond donors (Lipinski definition) is 2. The molecule has 5 rings (SSSR count). The zero-order chi connectivity index (χ0) is 25.4. The first-order chi connectivity index (χ1) is 17.2. The molecule has 1 fully saturated rings. The zero-order valence-corrected chi connectivity index (χ0v) is 21.0. The van der Waals surface area contributed by atoms with Crippen molar-refractivity contribution < 1.29 is 22.8 Å². The highest BCUT2D eigenvalue weighted by molar-refractivity contribution is 7.92. The third kappa shape index (κ3) is 5.28. The number of nitrogens with zero attached hydrogens (tertiary/aromatic N) is 4. The van der Waals surface area contributed by atoms with Gasteiger partial charge in [0, 0.05) is 39.2 Å². The van der Waals surface area contributed by atoms with Crippen molar-refractivity contribution in [3.63, 3.8) is 0 Å². The second-order valence-electron chi connectivity index (χ2n) is 9.51. The normalized spacial score (nSPS) is 19.6. The predicted molar refractivity (Wildman–Crippen MR) is 133 cm³/mol. The molecule has 0 aliphatic carbocycles. The number of nitrogens with one attached hydrogen (secondary N) is 1. The Kier molecular flexibility index (Phi) is 6.54. The van der Waals surface area contributed by atoms with Gasteiger partial charge >= 0.3 is 0 Å². The van der Waals surface area contributed by atoms with Gasteiger partial charge in [-0.2, -0.15) is 4.98 Å². The average Bonchev–Trinajstić information content (AvgIpc) is 3.53. The van der Waals surface area contributed by atoms with E-state index in [1.54, 1.807) is 37.1 Å². The molecule has 3 heterocycles. The van der Waals surface area contributed by atoms with Crippen LogP contribution in [0.4, 0.5) is 5.69 Å².